The van der Waals surface area contributed by atoms with Crippen molar-refractivity contribution in [2.45, 2.75) is 0 Å². The van der Waals surface area contributed by atoms with E-state index in [1.54, 1.807) is 0 Å². The number of nitrogens with zero attached hydrogens (tertiary/aromatic N) is 1. The summed E-state index contributed by atoms with van der Waals surface area (Å²) < 4.78 is 0. The van der Waals surface area contributed by atoms with Gasteiger partial charge in [-0.3, -0.25) is 4.79 Å². The van der Waals surface area contributed by atoms with E-state index in [0.29, 0.717) is 5.39 Å². The predicted molar refractivity (Wildman–Crippen MR) is 76.7 cm³/mol. The summed E-state index contributed by atoms with van der Waals surface area (Å²) in [6.45, 7) is 0. The molecule has 90 valence electrons. The Morgan fingerprint density at radius 3 is 2.63 bits per heavy atom. The van der Waals surface area contributed by atoms with Crippen LogP contribution < -0.4 is 5.56 Å². The molecule has 2 aromatic carbocycles. The van der Waals surface area contributed by atoms with Crippen LogP contribution in [0.2, 0.25) is 0 Å². The molecule has 0 spiro atoms. The zero-order valence-corrected chi connectivity index (χ0v) is 10.1. The lowest BCUT2D eigenvalue weighted by molar-refractivity contribution is 1.02. The third-order valence-corrected chi connectivity index (χ3v) is 3.51. The Morgan fingerprint density at radius 1 is 0.895 bits per heavy atom. The molecule has 1 N–H and O–H groups in total. The number of H-pyrrole nitrogens is 1. The van der Waals surface area contributed by atoms with Gasteiger partial charge in [-0.2, -0.15) is 5.10 Å². The van der Waals surface area contributed by atoms with E-state index >= 15 is 0 Å². The van der Waals surface area contributed by atoms with Crippen LogP contribution in [0.15, 0.2) is 47.3 Å². The molecule has 0 radical (unpaired) electrons. The summed E-state index contributed by atoms with van der Waals surface area (Å²) in [5.41, 5.74) is 3.88. The van der Waals surface area contributed by atoms with Crippen LogP contribution in [-0.4, -0.2) is 10.2 Å². The summed E-state index contributed by atoms with van der Waals surface area (Å²) in [6, 6.07) is 13.8. The van der Waals surface area contributed by atoms with Crippen molar-refractivity contribution in [2.24, 2.45) is 0 Å². The molecule has 0 saturated carbocycles. The molecule has 0 bridgehead atoms. The molecule has 1 aromatic heterocycles. The van der Waals surface area contributed by atoms with Crippen LogP contribution in [-0.2, 0) is 0 Å². The number of rotatable bonds is 0. The van der Waals surface area contributed by atoms with Crippen molar-refractivity contribution in [2.75, 3.05) is 0 Å². The average molecular weight is 246 g/mol. The van der Waals surface area contributed by atoms with Crippen LogP contribution >= 0.6 is 0 Å². The van der Waals surface area contributed by atoms with E-state index in [1.165, 1.54) is 0 Å². The molecular formula is C16H10N2O. The lowest BCUT2D eigenvalue weighted by atomic mass is 10.0. The van der Waals surface area contributed by atoms with Gasteiger partial charge in [0.2, 0.25) is 0 Å². The maximum Gasteiger partial charge on any atom is 0.272 e. The largest absolute Gasteiger partial charge is 0.272 e. The topological polar surface area (TPSA) is 45.8 Å². The van der Waals surface area contributed by atoms with Gasteiger partial charge in [-0.25, -0.2) is 5.10 Å². The van der Waals surface area contributed by atoms with Crippen LogP contribution in [0.5, 0.6) is 0 Å². The Morgan fingerprint density at radius 2 is 1.68 bits per heavy atom. The average Bonchev–Trinajstić information content (AvgIpc) is 2.62. The third kappa shape index (κ3) is 1.38. The second kappa shape index (κ2) is 3.65. The first-order valence-corrected chi connectivity index (χ1v) is 6.13. The Labute approximate surface area is 109 Å². The molecule has 0 unspecified atom stereocenters. The van der Waals surface area contributed by atoms with Crippen LogP contribution in [0.4, 0.5) is 0 Å². The molecule has 1 aliphatic carbocycles. The number of hydrogen-bond donors (Lipinski definition) is 1. The van der Waals surface area contributed by atoms with Crippen LogP contribution in [0.3, 0.4) is 0 Å². The summed E-state index contributed by atoms with van der Waals surface area (Å²) >= 11 is 0. The number of aromatic nitrogens is 2. The quantitative estimate of drug-likeness (QED) is 0.518. The minimum Gasteiger partial charge on any atom is -0.267 e. The molecule has 0 saturated heterocycles. The van der Waals surface area contributed by atoms with Gasteiger partial charge in [-0.15, -0.1) is 0 Å². The Balaban J connectivity index is 2.28. The van der Waals surface area contributed by atoms with Gasteiger partial charge in [0.1, 0.15) is 0 Å². The molecule has 0 amide bonds. The number of fused-ring (bicyclic) bond motifs is 2. The molecule has 0 fully saturated rings. The van der Waals surface area contributed by atoms with Crippen LogP contribution in [0.1, 0.15) is 11.1 Å². The molecule has 1 aliphatic rings. The van der Waals surface area contributed by atoms with Crippen molar-refractivity contribution in [1.82, 2.24) is 10.2 Å². The standard InChI is InChI=1S/C16H10N2O/c19-16-13-7-3-5-11-9-8-10-4-1-2-6-12(10)15(14(11)13)17-18-16/h1-9H,(H,18,19). The Hall–Kier alpha value is -2.68. The molecule has 3 heteroatoms. The van der Waals surface area contributed by atoms with Crippen molar-refractivity contribution in [3.05, 3.63) is 63.9 Å². The number of nitrogens with one attached hydrogen (secondary N) is 1. The second-order valence-corrected chi connectivity index (χ2v) is 4.59. The monoisotopic (exact) mass is 246 g/mol. The van der Waals surface area contributed by atoms with Crippen molar-refractivity contribution in [3.8, 4) is 11.3 Å². The molecule has 19 heavy (non-hydrogen) atoms. The summed E-state index contributed by atoms with van der Waals surface area (Å²) in [5.74, 6) is 0. The second-order valence-electron chi connectivity index (χ2n) is 4.59. The van der Waals surface area contributed by atoms with Gasteiger partial charge in [0.25, 0.3) is 5.56 Å². The van der Waals surface area contributed by atoms with Gasteiger partial charge in [0.15, 0.2) is 0 Å². The summed E-state index contributed by atoms with van der Waals surface area (Å²) in [4.78, 5) is 11.9. The zero-order chi connectivity index (χ0) is 12.8. The summed E-state index contributed by atoms with van der Waals surface area (Å²) in [7, 11) is 0. The fourth-order valence-electron chi connectivity index (χ4n) is 2.62. The van der Waals surface area contributed by atoms with Gasteiger partial charge in [-0.05, 0) is 17.2 Å². The van der Waals surface area contributed by atoms with E-state index in [9.17, 15) is 4.79 Å². The third-order valence-electron chi connectivity index (χ3n) is 3.51. The van der Waals surface area contributed by atoms with E-state index in [0.717, 1.165) is 27.8 Å². The van der Waals surface area contributed by atoms with Crippen molar-refractivity contribution < 1.29 is 0 Å². The zero-order valence-electron chi connectivity index (χ0n) is 10.1. The normalized spacial score (nSPS) is 12.2. The Kier molecular flexibility index (Phi) is 1.97. The SMILES string of the molecule is O=c1[nH]nc2c3c(cccc13)C=Cc1ccccc1-2. The minimum absolute atomic E-state index is 0.145. The fourth-order valence-corrected chi connectivity index (χ4v) is 2.62. The highest BCUT2D eigenvalue weighted by atomic mass is 16.1. The van der Waals surface area contributed by atoms with Gasteiger partial charge in [-0.1, -0.05) is 48.6 Å². The van der Waals surface area contributed by atoms with Gasteiger partial charge in [0.05, 0.1) is 11.1 Å². The van der Waals surface area contributed by atoms with E-state index in [4.69, 9.17) is 0 Å². The molecule has 0 aliphatic heterocycles. The first-order chi connectivity index (χ1) is 9.34. The predicted octanol–water partition coefficient (Wildman–Crippen LogP) is 3.07. The minimum atomic E-state index is -0.145. The molecule has 3 nitrogen and oxygen atoms in total. The van der Waals surface area contributed by atoms with Gasteiger partial charge >= 0.3 is 0 Å². The van der Waals surface area contributed by atoms with E-state index < -0.39 is 0 Å². The lowest BCUT2D eigenvalue weighted by Gasteiger charge is -2.07. The highest BCUT2D eigenvalue weighted by Gasteiger charge is 2.15. The smallest absolute Gasteiger partial charge is 0.267 e. The highest BCUT2D eigenvalue weighted by Crippen LogP contribution is 2.33. The first kappa shape index (κ1) is 10.3. The van der Waals surface area contributed by atoms with Gasteiger partial charge in [0, 0.05) is 10.9 Å². The van der Waals surface area contributed by atoms with Crippen molar-refractivity contribution in [1.29, 1.82) is 0 Å². The maximum atomic E-state index is 11.9. The molecule has 3 aromatic rings. The van der Waals surface area contributed by atoms with E-state index in [2.05, 4.69) is 22.3 Å². The number of aromatic amines is 1. The van der Waals surface area contributed by atoms with E-state index in [1.807, 2.05) is 42.5 Å². The first-order valence-electron chi connectivity index (χ1n) is 6.13. The van der Waals surface area contributed by atoms with Crippen molar-refractivity contribution in [3.63, 3.8) is 0 Å². The van der Waals surface area contributed by atoms with Crippen LogP contribution in [0.25, 0.3) is 34.2 Å². The molecule has 1 heterocycles. The number of hydrogen-bond acceptors (Lipinski definition) is 2. The van der Waals surface area contributed by atoms with E-state index in [-0.39, 0.29) is 5.56 Å². The summed E-state index contributed by atoms with van der Waals surface area (Å²) in [5, 5.41) is 8.46. The highest BCUT2D eigenvalue weighted by molar-refractivity contribution is 6.04. The van der Waals surface area contributed by atoms with Crippen molar-refractivity contribution >= 4 is 22.9 Å². The molecule has 4 rings (SSSR count). The fraction of sp³-hybridized carbons (Fsp3) is 0. The van der Waals surface area contributed by atoms with Gasteiger partial charge < -0.3 is 0 Å². The lowest BCUT2D eigenvalue weighted by Crippen LogP contribution is -2.10. The Bertz CT molecular complexity index is 891. The molecule has 0 atom stereocenters. The van der Waals surface area contributed by atoms with Crippen LogP contribution in [0, 0.1) is 0 Å². The molecular weight excluding hydrogens is 236 g/mol. The summed E-state index contributed by atoms with van der Waals surface area (Å²) in [6.07, 6.45) is 4.11. The number of benzene rings is 2. The maximum absolute atomic E-state index is 11.9.